The highest BCUT2D eigenvalue weighted by Gasteiger charge is 2.39. The van der Waals surface area contributed by atoms with Crippen molar-refractivity contribution in [1.29, 1.82) is 0 Å². The van der Waals surface area contributed by atoms with Crippen molar-refractivity contribution in [2.75, 3.05) is 11.9 Å². The molecule has 28 heavy (non-hydrogen) atoms. The molecule has 0 saturated heterocycles. The number of anilines is 1. The molecule has 4 heterocycles. The number of aromatic nitrogens is 6. The van der Waals surface area contributed by atoms with Gasteiger partial charge in [0.25, 0.3) is 0 Å². The van der Waals surface area contributed by atoms with Crippen LogP contribution >= 0.6 is 0 Å². The third-order valence-electron chi connectivity index (χ3n) is 4.99. The molecule has 1 saturated carbocycles. The van der Waals surface area contributed by atoms with E-state index < -0.39 is 0 Å². The van der Waals surface area contributed by atoms with Gasteiger partial charge < -0.3 is 10.1 Å². The second-order valence-corrected chi connectivity index (χ2v) is 7.08. The number of hydrogen-bond donors (Lipinski definition) is 1. The maximum Gasteiger partial charge on any atom is 0.219 e. The highest BCUT2D eigenvalue weighted by atomic mass is 16.5. The summed E-state index contributed by atoms with van der Waals surface area (Å²) in [5, 5.41) is 12.1. The molecular weight excluding hydrogens is 354 g/mol. The van der Waals surface area contributed by atoms with Crippen LogP contribution in [0.15, 0.2) is 55.0 Å². The molecule has 0 aliphatic heterocycles. The van der Waals surface area contributed by atoms with Crippen molar-refractivity contribution < 1.29 is 4.74 Å². The van der Waals surface area contributed by atoms with Gasteiger partial charge in [0.1, 0.15) is 5.82 Å². The molecule has 1 N–H and O–H groups in total. The van der Waals surface area contributed by atoms with Gasteiger partial charge in [0.05, 0.1) is 25.0 Å². The van der Waals surface area contributed by atoms with Crippen LogP contribution in [-0.2, 0) is 13.6 Å². The van der Waals surface area contributed by atoms with Crippen molar-refractivity contribution in [2.45, 2.75) is 18.9 Å². The zero-order chi connectivity index (χ0) is 18.9. The summed E-state index contributed by atoms with van der Waals surface area (Å²) in [5.41, 5.74) is 2.85. The SMILES string of the molecule is Cn1ccc(CNc2cc(OCC3CC3c3ccccn3)nc3ccnn23)n1. The lowest BCUT2D eigenvalue weighted by Crippen LogP contribution is -2.09. The molecule has 0 bridgehead atoms. The van der Waals surface area contributed by atoms with E-state index in [1.165, 1.54) is 0 Å². The summed E-state index contributed by atoms with van der Waals surface area (Å²) >= 11 is 0. The molecule has 2 unspecified atom stereocenters. The average molecular weight is 375 g/mol. The second-order valence-electron chi connectivity index (χ2n) is 7.08. The van der Waals surface area contributed by atoms with E-state index in [9.17, 15) is 0 Å². The van der Waals surface area contributed by atoms with Gasteiger partial charge in [-0.1, -0.05) is 6.07 Å². The van der Waals surface area contributed by atoms with E-state index in [-0.39, 0.29) is 0 Å². The number of ether oxygens (including phenoxy) is 1. The first kappa shape index (κ1) is 16.7. The Balaban J connectivity index is 1.27. The molecule has 4 aromatic rings. The highest BCUT2D eigenvalue weighted by molar-refractivity contribution is 5.50. The molecule has 2 atom stereocenters. The quantitative estimate of drug-likeness (QED) is 0.535. The number of rotatable bonds is 7. The summed E-state index contributed by atoms with van der Waals surface area (Å²) in [6.45, 7) is 1.24. The topological polar surface area (TPSA) is 82.2 Å². The van der Waals surface area contributed by atoms with Gasteiger partial charge in [0.15, 0.2) is 5.65 Å². The summed E-state index contributed by atoms with van der Waals surface area (Å²) in [4.78, 5) is 9.00. The Hall–Kier alpha value is -3.42. The van der Waals surface area contributed by atoms with Gasteiger partial charge >= 0.3 is 0 Å². The molecule has 1 aliphatic carbocycles. The lowest BCUT2D eigenvalue weighted by molar-refractivity contribution is 0.286. The van der Waals surface area contributed by atoms with Crippen molar-refractivity contribution in [3.63, 3.8) is 0 Å². The minimum absolute atomic E-state index is 0.488. The van der Waals surface area contributed by atoms with Crippen LogP contribution in [0.5, 0.6) is 5.88 Å². The maximum atomic E-state index is 6.02. The van der Waals surface area contributed by atoms with Crippen LogP contribution in [0.1, 0.15) is 23.7 Å². The van der Waals surface area contributed by atoms with Crippen molar-refractivity contribution >= 4 is 11.5 Å². The van der Waals surface area contributed by atoms with Crippen molar-refractivity contribution in [3.8, 4) is 5.88 Å². The zero-order valence-corrected chi connectivity index (χ0v) is 15.6. The van der Waals surface area contributed by atoms with E-state index in [0.717, 1.165) is 29.3 Å². The number of nitrogens with zero attached hydrogens (tertiary/aromatic N) is 6. The first-order valence-corrected chi connectivity index (χ1v) is 9.37. The molecule has 8 heteroatoms. The van der Waals surface area contributed by atoms with Gasteiger partial charge in [-0.2, -0.15) is 19.7 Å². The minimum atomic E-state index is 0.488. The Labute approximate surface area is 162 Å². The molecule has 8 nitrogen and oxygen atoms in total. The fourth-order valence-corrected chi connectivity index (χ4v) is 3.41. The van der Waals surface area contributed by atoms with Crippen LogP contribution in [0.25, 0.3) is 5.65 Å². The van der Waals surface area contributed by atoms with Gasteiger partial charge in [-0.3, -0.25) is 9.67 Å². The van der Waals surface area contributed by atoms with Gasteiger partial charge in [-0.15, -0.1) is 0 Å². The molecule has 4 aromatic heterocycles. The standard InChI is InChI=1S/C20H21N7O/c1-26-9-6-15(25-26)12-22-19-11-20(24-18-5-8-23-27(18)19)28-13-14-10-16(14)17-4-2-3-7-21-17/h2-9,11,14,16,22H,10,12-13H2,1H3. The average Bonchev–Trinajstić information content (AvgIpc) is 3.11. The first-order valence-electron chi connectivity index (χ1n) is 9.37. The third kappa shape index (κ3) is 3.40. The zero-order valence-electron chi connectivity index (χ0n) is 15.6. The summed E-state index contributed by atoms with van der Waals surface area (Å²) in [6, 6.07) is 11.8. The highest BCUT2D eigenvalue weighted by Crippen LogP contribution is 2.46. The van der Waals surface area contributed by atoms with Gasteiger partial charge in [0.2, 0.25) is 5.88 Å². The number of nitrogens with one attached hydrogen (secondary N) is 1. The predicted molar refractivity (Wildman–Crippen MR) is 104 cm³/mol. The molecule has 142 valence electrons. The summed E-state index contributed by atoms with van der Waals surface area (Å²) in [5.74, 6) is 2.40. The lowest BCUT2D eigenvalue weighted by atomic mass is 10.2. The molecule has 1 aliphatic rings. The van der Waals surface area contributed by atoms with Crippen molar-refractivity contribution in [2.24, 2.45) is 13.0 Å². The van der Waals surface area contributed by atoms with E-state index in [2.05, 4.69) is 31.5 Å². The number of hydrogen-bond acceptors (Lipinski definition) is 6. The number of fused-ring (bicyclic) bond motifs is 1. The van der Waals surface area contributed by atoms with E-state index in [1.54, 1.807) is 15.4 Å². The summed E-state index contributed by atoms with van der Waals surface area (Å²) < 4.78 is 9.57. The largest absolute Gasteiger partial charge is 0.477 e. The molecule has 5 rings (SSSR count). The van der Waals surface area contributed by atoms with E-state index >= 15 is 0 Å². The monoisotopic (exact) mass is 375 g/mol. The Morgan fingerprint density at radius 2 is 2.18 bits per heavy atom. The van der Waals surface area contributed by atoms with Crippen molar-refractivity contribution in [1.82, 2.24) is 29.4 Å². The van der Waals surface area contributed by atoms with E-state index in [1.807, 2.05) is 49.8 Å². The molecule has 0 spiro atoms. The van der Waals surface area contributed by atoms with Gasteiger partial charge in [-0.05, 0) is 24.6 Å². The van der Waals surface area contributed by atoms with Crippen LogP contribution in [0.3, 0.4) is 0 Å². The number of pyridine rings is 1. The summed E-state index contributed by atoms with van der Waals surface area (Å²) in [6.07, 6.45) is 6.61. The Bertz CT molecular complexity index is 1090. The molecule has 0 radical (unpaired) electrons. The number of aryl methyl sites for hydroxylation is 1. The minimum Gasteiger partial charge on any atom is -0.477 e. The smallest absolute Gasteiger partial charge is 0.219 e. The van der Waals surface area contributed by atoms with Gasteiger partial charge in [-0.25, -0.2) is 0 Å². The van der Waals surface area contributed by atoms with Gasteiger partial charge in [0, 0.05) is 49.1 Å². The molecular formula is C20H21N7O. The molecule has 1 fully saturated rings. The third-order valence-corrected chi connectivity index (χ3v) is 4.99. The van der Waals surface area contributed by atoms with Crippen LogP contribution in [0.4, 0.5) is 5.82 Å². The maximum absolute atomic E-state index is 6.02. The Kier molecular flexibility index (Phi) is 4.16. The van der Waals surface area contributed by atoms with E-state index in [4.69, 9.17) is 4.74 Å². The lowest BCUT2D eigenvalue weighted by Gasteiger charge is -2.10. The van der Waals surface area contributed by atoms with Crippen LogP contribution < -0.4 is 10.1 Å². The molecule has 0 amide bonds. The molecule has 0 aromatic carbocycles. The second kappa shape index (κ2) is 6.95. The normalized spacial score (nSPS) is 18.3. The van der Waals surface area contributed by atoms with Crippen LogP contribution in [0.2, 0.25) is 0 Å². The fraction of sp³-hybridized carbons (Fsp3) is 0.300. The predicted octanol–water partition coefficient (Wildman–Crippen LogP) is 2.65. The first-order chi connectivity index (χ1) is 13.8. The van der Waals surface area contributed by atoms with Crippen LogP contribution in [0, 0.1) is 5.92 Å². The van der Waals surface area contributed by atoms with Crippen molar-refractivity contribution in [3.05, 3.63) is 66.4 Å². The Morgan fingerprint density at radius 3 is 3.00 bits per heavy atom. The summed E-state index contributed by atoms with van der Waals surface area (Å²) in [7, 11) is 1.91. The van der Waals surface area contributed by atoms with Crippen LogP contribution in [-0.4, -0.2) is 36.0 Å². The Morgan fingerprint density at radius 1 is 1.21 bits per heavy atom. The fourth-order valence-electron chi connectivity index (χ4n) is 3.41. The van der Waals surface area contributed by atoms with E-state index in [0.29, 0.717) is 30.9 Å².